The van der Waals surface area contributed by atoms with Gasteiger partial charge in [-0.3, -0.25) is 0 Å². The van der Waals surface area contributed by atoms with Crippen LogP contribution >= 0.6 is 11.3 Å². The van der Waals surface area contributed by atoms with Gasteiger partial charge in [0, 0.05) is 123 Å². The molecule has 30 aromatic rings. The second-order valence-corrected chi connectivity index (χ2v) is 41.5. The Labute approximate surface area is 851 Å². The van der Waals surface area contributed by atoms with Crippen LogP contribution in [0.4, 0.5) is 0 Å². The molecule has 0 N–H and O–H groups in total. The summed E-state index contributed by atoms with van der Waals surface area (Å²) in [6.07, 6.45) is 13.5. The van der Waals surface area contributed by atoms with Gasteiger partial charge in [-0.05, 0) is 264 Å². The average molecular weight is 1900 g/mol. The van der Waals surface area contributed by atoms with E-state index in [1.165, 1.54) is 277 Å². The molecule has 0 atom stereocenters. The molecule has 8 nitrogen and oxygen atoms in total. The van der Waals surface area contributed by atoms with E-state index in [4.69, 9.17) is 8.83 Å². The molecule has 147 heavy (non-hydrogen) atoms. The number of hydrogen-bond acceptors (Lipinski definition) is 3. The summed E-state index contributed by atoms with van der Waals surface area (Å²) < 4.78 is 30.0. The molecule has 0 aliphatic heterocycles. The fourth-order valence-corrected chi connectivity index (χ4v) is 26.7. The van der Waals surface area contributed by atoms with Gasteiger partial charge in [0.15, 0.2) is 0 Å². The smallest absolute Gasteiger partial charge is 0.135 e. The highest BCUT2D eigenvalue weighted by Gasteiger charge is 2.29. The molecule has 21 aromatic carbocycles. The van der Waals surface area contributed by atoms with E-state index >= 15 is 0 Å². The first-order valence-corrected chi connectivity index (χ1v) is 52.9. The second-order valence-electron chi connectivity index (χ2n) is 40.5. The quantitative estimate of drug-likeness (QED) is 0.130. The molecule has 32 rings (SSSR count). The lowest BCUT2D eigenvalue weighted by atomic mass is 9.78. The second kappa shape index (κ2) is 34.5. The number of nitrogens with zero attached hydrogens (tertiary/aromatic N) is 6. The molecule has 0 spiro atoms. The minimum Gasteiger partial charge on any atom is -0.456 e. The first-order valence-electron chi connectivity index (χ1n) is 52.1. The van der Waals surface area contributed by atoms with Crippen molar-refractivity contribution in [2.24, 2.45) is 0 Å². The van der Waals surface area contributed by atoms with Gasteiger partial charge in [0.1, 0.15) is 22.3 Å². The van der Waals surface area contributed by atoms with E-state index < -0.39 is 0 Å². The SMILES string of the molecule is c1cc(-c2ccc3oc4ccccc4c3c2)cc(-n2c3ccccc3c3c(-n4c5ccccc5c5ccccc54)cccc32)c1.c1ccc(-c2ccc3sc4ccc(-n5c6ccccc6c6c(-n7c8ccccc8c8ccccc87)cccc65)cc4c3c2)cc1.c1ccc2c(c1)c1ccccc1n2-c1cccc2c1c1ccccc1n2-c1ccc2oc3ccc(-c4cc(C5CCCCC5)cc(C5CCCCC5)c4)cc3c2c1. The van der Waals surface area contributed by atoms with E-state index in [1.807, 2.05) is 23.5 Å². The van der Waals surface area contributed by atoms with Crippen LogP contribution in [0.5, 0.6) is 0 Å². The summed E-state index contributed by atoms with van der Waals surface area (Å²) in [7, 11) is 0. The molecule has 2 aliphatic carbocycles. The van der Waals surface area contributed by atoms with E-state index in [0.717, 1.165) is 49.9 Å². The average Bonchev–Trinajstić information content (AvgIpc) is 1.56. The summed E-state index contributed by atoms with van der Waals surface area (Å²) in [6.45, 7) is 0. The summed E-state index contributed by atoms with van der Waals surface area (Å²) in [5, 5.41) is 22.4. The summed E-state index contributed by atoms with van der Waals surface area (Å²) in [5.41, 5.74) is 35.9. The predicted octanol–water partition coefficient (Wildman–Crippen LogP) is 38.9. The van der Waals surface area contributed by atoms with Crippen LogP contribution in [0.1, 0.15) is 87.2 Å². The Kier molecular flexibility index (Phi) is 19.9. The van der Waals surface area contributed by atoms with Gasteiger partial charge < -0.3 is 36.2 Å². The fourth-order valence-electron chi connectivity index (χ4n) is 25.7. The van der Waals surface area contributed by atoms with E-state index in [9.17, 15) is 0 Å². The first-order chi connectivity index (χ1) is 72.9. The molecule has 9 heterocycles. The van der Waals surface area contributed by atoms with Gasteiger partial charge in [0.2, 0.25) is 0 Å². The lowest BCUT2D eigenvalue weighted by Crippen LogP contribution is -2.08. The Hall–Kier alpha value is -17.8. The highest BCUT2D eigenvalue weighted by Crippen LogP contribution is 2.50. The predicted molar refractivity (Wildman–Crippen MR) is 621 cm³/mol. The highest BCUT2D eigenvalue weighted by molar-refractivity contribution is 7.25. The normalized spacial score (nSPS) is 13.5. The number of thiophene rings is 1. The number of fused-ring (bicyclic) bond motifs is 27. The van der Waals surface area contributed by atoms with Crippen molar-refractivity contribution >= 4 is 206 Å². The van der Waals surface area contributed by atoms with Crippen LogP contribution < -0.4 is 0 Å². The van der Waals surface area contributed by atoms with Crippen LogP contribution in [-0.4, -0.2) is 27.4 Å². The van der Waals surface area contributed by atoms with Gasteiger partial charge in [-0.15, -0.1) is 11.3 Å². The number of furan rings is 2. The minimum atomic E-state index is 0.684. The number of para-hydroxylation sites is 10. The van der Waals surface area contributed by atoms with Gasteiger partial charge in [-0.25, -0.2) is 0 Å². The van der Waals surface area contributed by atoms with E-state index in [0.29, 0.717) is 11.8 Å². The zero-order chi connectivity index (χ0) is 96.4. The van der Waals surface area contributed by atoms with E-state index in [-0.39, 0.29) is 0 Å². The number of aromatic nitrogens is 6. The van der Waals surface area contributed by atoms with Gasteiger partial charge in [0.25, 0.3) is 0 Å². The zero-order valence-electron chi connectivity index (χ0n) is 81.0. The summed E-state index contributed by atoms with van der Waals surface area (Å²) in [6, 6.07) is 169. The van der Waals surface area contributed by atoms with Gasteiger partial charge >= 0.3 is 0 Å². The fraction of sp³-hybridized carbons (Fsp3) is 0.0870. The molecule has 0 unspecified atom stereocenters. The molecule has 2 fully saturated rings. The van der Waals surface area contributed by atoms with Crippen LogP contribution in [-0.2, 0) is 0 Å². The summed E-state index contributed by atoms with van der Waals surface area (Å²) in [5.74, 6) is 1.37. The molecule has 0 amide bonds. The molecule has 2 aliphatic rings. The Morgan fingerprint density at radius 2 is 0.456 bits per heavy atom. The monoisotopic (exact) mass is 1900 g/mol. The standard InChI is InChI=1S/C54H46N2O.C42H26N2O.C42H26N2S/c1-3-14-35(15-4-1)38-30-39(36-16-5-2-6-17-36)32-40(31-38)37-26-28-52-45(33-37)46-34-41(27-29-53(46)57-52)55-49-23-12-9-20-44(49)54-50(55)24-13-25-51(54)56-47-21-10-7-18-42(47)43-19-8-11-22-48(43)56;1-5-17-35-30(13-1)31-14-2-6-18-36(31)44(35)39-21-10-20-38-42(39)33-16-3-7-19-37(33)43(38)29-12-9-11-27(25-29)28-23-24-41-34(26-28)32-15-4-8-22-40(32)45-41;1-2-11-27(12-3-1)28-21-23-40-33(25-28)34-26-29(22-24-41(34)45-40)43-37-18-9-6-15-32(37)42-38(43)19-10-20-39(42)44-35-16-7-4-13-30(35)31-14-5-8-17-36(31)44/h7-13,18-36H,1-6,14-17H2;2*1-26H. The molecule has 0 bridgehead atoms. The lowest BCUT2D eigenvalue weighted by Gasteiger charge is -2.27. The van der Waals surface area contributed by atoms with Gasteiger partial charge in [0.05, 0.1) is 83.3 Å². The molecule has 0 radical (unpaired) electrons. The van der Waals surface area contributed by atoms with Crippen LogP contribution in [0.15, 0.2) is 470 Å². The van der Waals surface area contributed by atoms with Gasteiger partial charge in [-0.2, -0.15) is 0 Å². The topological polar surface area (TPSA) is 55.9 Å². The molecule has 698 valence electrons. The zero-order valence-corrected chi connectivity index (χ0v) is 81.8. The maximum absolute atomic E-state index is 6.57. The van der Waals surface area contributed by atoms with Crippen LogP contribution in [0.2, 0.25) is 0 Å². The third-order valence-electron chi connectivity index (χ3n) is 32.3. The van der Waals surface area contributed by atoms with Crippen molar-refractivity contribution in [3.05, 3.63) is 472 Å². The third-order valence-corrected chi connectivity index (χ3v) is 33.4. The Balaban J connectivity index is 0.000000103. The maximum atomic E-state index is 6.57. The van der Waals surface area contributed by atoms with E-state index in [1.54, 1.807) is 11.1 Å². The Morgan fingerprint density at radius 1 is 0.170 bits per heavy atom. The third kappa shape index (κ3) is 13.8. The van der Waals surface area contributed by atoms with Crippen molar-refractivity contribution in [3.8, 4) is 67.5 Å². The number of benzene rings is 21. The number of hydrogen-bond donors (Lipinski definition) is 0. The molecule has 2 saturated carbocycles. The van der Waals surface area contributed by atoms with E-state index in [2.05, 4.69) is 476 Å². The van der Waals surface area contributed by atoms with Crippen LogP contribution in [0.3, 0.4) is 0 Å². The molecule has 0 saturated heterocycles. The Bertz CT molecular complexity index is 10400. The van der Waals surface area contributed by atoms with Crippen molar-refractivity contribution in [1.29, 1.82) is 0 Å². The minimum absolute atomic E-state index is 0.684. The van der Waals surface area contributed by atoms with Crippen molar-refractivity contribution in [2.45, 2.75) is 76.0 Å². The van der Waals surface area contributed by atoms with Crippen LogP contribution in [0, 0.1) is 0 Å². The Morgan fingerprint density at radius 3 is 0.898 bits per heavy atom. The summed E-state index contributed by atoms with van der Waals surface area (Å²) in [4.78, 5) is 0. The number of rotatable bonds is 11. The molecular formula is C138H98N6O2S. The maximum Gasteiger partial charge on any atom is 0.135 e. The first kappa shape index (κ1) is 84.9. The van der Waals surface area contributed by atoms with Crippen molar-refractivity contribution in [1.82, 2.24) is 27.4 Å². The summed E-state index contributed by atoms with van der Waals surface area (Å²) >= 11 is 1.87. The lowest BCUT2D eigenvalue weighted by molar-refractivity contribution is 0.435. The molecule has 9 aromatic heterocycles. The van der Waals surface area contributed by atoms with Crippen molar-refractivity contribution in [2.75, 3.05) is 0 Å². The van der Waals surface area contributed by atoms with Crippen LogP contribution in [0.25, 0.3) is 262 Å². The largest absolute Gasteiger partial charge is 0.456 e. The highest BCUT2D eigenvalue weighted by atomic mass is 32.1. The molecule has 9 heteroatoms. The molecular weight excluding hydrogens is 1810 g/mol. The van der Waals surface area contributed by atoms with Crippen molar-refractivity contribution in [3.63, 3.8) is 0 Å². The van der Waals surface area contributed by atoms with Crippen molar-refractivity contribution < 1.29 is 8.83 Å². The van der Waals surface area contributed by atoms with Gasteiger partial charge in [-0.1, -0.05) is 318 Å².